The molecule has 0 aromatic rings. The Hall–Kier alpha value is 0.310. The third-order valence-electron chi connectivity index (χ3n) is 0.927. The van der Waals surface area contributed by atoms with Gasteiger partial charge in [-0.1, -0.05) is 6.92 Å². The fraction of sp³-hybridized carbons (Fsp3) is 1.00. The maximum atomic E-state index is 9.89. The van der Waals surface area contributed by atoms with E-state index in [-0.39, 0.29) is 6.61 Å². The van der Waals surface area contributed by atoms with Crippen molar-refractivity contribution in [3.05, 3.63) is 0 Å². The first kappa shape index (κ1) is 7.31. The van der Waals surface area contributed by atoms with Crippen LogP contribution < -0.4 is 0 Å². The van der Waals surface area contributed by atoms with Gasteiger partial charge in [0.15, 0.2) is 0 Å². The van der Waals surface area contributed by atoms with Crippen LogP contribution in [0.4, 0.5) is 0 Å². The van der Waals surface area contributed by atoms with Crippen molar-refractivity contribution in [1.29, 1.82) is 0 Å². The lowest BCUT2D eigenvalue weighted by Crippen LogP contribution is -1.96. The second kappa shape index (κ2) is 4.47. The molecule has 0 heterocycles. The Kier molecular flexibility index (Phi) is 4.67. The molecule has 0 rings (SSSR count). The van der Waals surface area contributed by atoms with E-state index in [1.54, 1.807) is 11.8 Å². The van der Waals surface area contributed by atoms with Crippen molar-refractivity contribution in [2.75, 3.05) is 12.9 Å². The Morgan fingerprint density at radius 1 is 1.71 bits per heavy atom. The third kappa shape index (κ3) is 4.16. The van der Waals surface area contributed by atoms with Crippen molar-refractivity contribution in [1.82, 2.24) is 0 Å². The smallest absolute Gasteiger partial charge is 0.0832 e. The van der Waals surface area contributed by atoms with Crippen molar-refractivity contribution in [3.8, 4) is 0 Å². The van der Waals surface area contributed by atoms with Gasteiger partial charge in [0.25, 0.3) is 0 Å². The van der Waals surface area contributed by atoms with E-state index in [2.05, 4.69) is 6.92 Å². The summed E-state index contributed by atoms with van der Waals surface area (Å²) in [4.78, 5) is 0. The molecule has 1 nitrogen and oxygen atoms in total. The molecule has 0 bridgehead atoms. The summed E-state index contributed by atoms with van der Waals surface area (Å²) in [6.45, 7) is 2.14. The Labute approximate surface area is 49.1 Å². The molecule has 0 aromatic carbocycles. The SMILES string of the molecule is CSC(C)CC[O]. The Morgan fingerprint density at radius 3 is 2.43 bits per heavy atom. The van der Waals surface area contributed by atoms with E-state index < -0.39 is 0 Å². The summed E-state index contributed by atoms with van der Waals surface area (Å²) in [6.07, 6.45) is 2.83. The van der Waals surface area contributed by atoms with Crippen molar-refractivity contribution < 1.29 is 5.11 Å². The van der Waals surface area contributed by atoms with Crippen molar-refractivity contribution in [2.24, 2.45) is 0 Å². The summed E-state index contributed by atoms with van der Waals surface area (Å²) in [5.74, 6) is 0. The van der Waals surface area contributed by atoms with Crippen molar-refractivity contribution in [2.45, 2.75) is 18.6 Å². The van der Waals surface area contributed by atoms with Crippen LogP contribution in [0.5, 0.6) is 0 Å². The van der Waals surface area contributed by atoms with E-state index in [1.165, 1.54) is 0 Å². The van der Waals surface area contributed by atoms with Gasteiger partial charge in [0.1, 0.15) is 0 Å². The fourth-order valence-corrected chi connectivity index (χ4v) is 0.616. The molecular weight excluding hydrogens is 108 g/mol. The molecule has 1 unspecified atom stereocenters. The molecule has 0 aliphatic rings. The standard InChI is InChI=1S/C5H11OS/c1-5(7-2)3-4-6/h5H,3-4H2,1-2H3. The number of thioether (sulfide) groups is 1. The molecule has 0 amide bonds. The van der Waals surface area contributed by atoms with Gasteiger partial charge >= 0.3 is 0 Å². The average molecular weight is 119 g/mol. The van der Waals surface area contributed by atoms with Gasteiger partial charge in [-0.2, -0.15) is 11.8 Å². The van der Waals surface area contributed by atoms with Crippen LogP contribution in [0.3, 0.4) is 0 Å². The van der Waals surface area contributed by atoms with E-state index in [1.807, 2.05) is 6.26 Å². The zero-order chi connectivity index (χ0) is 5.70. The molecule has 0 saturated carbocycles. The van der Waals surface area contributed by atoms with Gasteiger partial charge in [0, 0.05) is 5.25 Å². The largest absolute Gasteiger partial charge is 0.237 e. The number of rotatable bonds is 3. The normalized spacial score (nSPS) is 14.1. The summed E-state index contributed by atoms with van der Waals surface area (Å²) in [5.41, 5.74) is 0. The van der Waals surface area contributed by atoms with Gasteiger partial charge in [0.2, 0.25) is 0 Å². The fourth-order valence-electron chi connectivity index (χ4n) is 0.284. The topological polar surface area (TPSA) is 19.9 Å². The second-order valence-electron chi connectivity index (χ2n) is 1.54. The summed E-state index contributed by atoms with van der Waals surface area (Å²) in [5, 5.41) is 10.4. The Bertz CT molecular complexity index is 39.1. The van der Waals surface area contributed by atoms with Crippen LogP contribution in [0.1, 0.15) is 13.3 Å². The summed E-state index contributed by atoms with van der Waals surface area (Å²) in [6, 6.07) is 0. The monoisotopic (exact) mass is 119 g/mol. The molecule has 43 valence electrons. The first-order chi connectivity index (χ1) is 3.31. The highest BCUT2D eigenvalue weighted by atomic mass is 32.2. The van der Waals surface area contributed by atoms with Crippen LogP contribution in [0.25, 0.3) is 0 Å². The summed E-state index contributed by atoms with van der Waals surface area (Å²) < 4.78 is 0. The van der Waals surface area contributed by atoms with Crippen molar-refractivity contribution >= 4 is 11.8 Å². The van der Waals surface area contributed by atoms with Crippen LogP contribution in [0.15, 0.2) is 0 Å². The van der Waals surface area contributed by atoms with Gasteiger partial charge in [-0.3, -0.25) is 0 Å². The first-order valence-corrected chi connectivity index (χ1v) is 3.71. The lowest BCUT2D eigenvalue weighted by Gasteiger charge is -2.00. The second-order valence-corrected chi connectivity index (χ2v) is 2.82. The molecule has 0 spiro atoms. The van der Waals surface area contributed by atoms with Gasteiger partial charge in [0.05, 0.1) is 6.61 Å². The molecule has 7 heavy (non-hydrogen) atoms. The van der Waals surface area contributed by atoms with Gasteiger partial charge in [-0.05, 0) is 12.7 Å². The predicted molar refractivity (Wildman–Crippen MR) is 33.1 cm³/mol. The van der Waals surface area contributed by atoms with E-state index >= 15 is 0 Å². The highest BCUT2D eigenvalue weighted by Crippen LogP contribution is 2.07. The maximum absolute atomic E-state index is 9.89. The molecule has 0 aliphatic heterocycles. The maximum Gasteiger partial charge on any atom is 0.0832 e. The van der Waals surface area contributed by atoms with Crippen LogP contribution >= 0.6 is 11.8 Å². The van der Waals surface area contributed by atoms with Crippen LogP contribution in [0.2, 0.25) is 0 Å². The van der Waals surface area contributed by atoms with Crippen LogP contribution in [-0.4, -0.2) is 18.1 Å². The molecule has 0 N–H and O–H groups in total. The predicted octanol–water partition coefficient (Wildman–Crippen LogP) is 1.56. The summed E-state index contributed by atoms with van der Waals surface area (Å²) >= 11 is 1.75. The minimum Gasteiger partial charge on any atom is -0.237 e. The van der Waals surface area contributed by atoms with E-state index in [0.717, 1.165) is 6.42 Å². The number of hydrogen-bond acceptors (Lipinski definition) is 1. The first-order valence-electron chi connectivity index (χ1n) is 2.42. The highest BCUT2D eigenvalue weighted by Gasteiger charge is 1.94. The zero-order valence-electron chi connectivity index (χ0n) is 4.81. The molecule has 1 atom stereocenters. The number of hydrogen-bond donors (Lipinski definition) is 0. The van der Waals surface area contributed by atoms with Crippen LogP contribution in [-0.2, 0) is 5.11 Å². The molecule has 2 heteroatoms. The van der Waals surface area contributed by atoms with E-state index in [4.69, 9.17) is 0 Å². The molecule has 0 aliphatic carbocycles. The lowest BCUT2D eigenvalue weighted by molar-refractivity contribution is 0.189. The van der Waals surface area contributed by atoms with E-state index in [9.17, 15) is 5.11 Å². The molecule has 0 aromatic heterocycles. The molecule has 0 saturated heterocycles. The lowest BCUT2D eigenvalue weighted by atomic mass is 10.4. The molecular formula is C5H11OS. The van der Waals surface area contributed by atoms with Crippen LogP contribution in [0, 0.1) is 0 Å². The van der Waals surface area contributed by atoms with Gasteiger partial charge in [-0.25, -0.2) is 5.11 Å². The third-order valence-corrected chi connectivity index (χ3v) is 1.97. The molecule has 1 radical (unpaired) electrons. The summed E-state index contributed by atoms with van der Waals surface area (Å²) in [7, 11) is 0. The molecule has 0 fully saturated rings. The zero-order valence-corrected chi connectivity index (χ0v) is 5.62. The quantitative estimate of drug-likeness (QED) is 0.552. The average Bonchev–Trinajstić information content (AvgIpc) is 1.68. The van der Waals surface area contributed by atoms with Gasteiger partial charge < -0.3 is 0 Å². The van der Waals surface area contributed by atoms with Crippen molar-refractivity contribution in [3.63, 3.8) is 0 Å². The highest BCUT2D eigenvalue weighted by molar-refractivity contribution is 7.99. The van der Waals surface area contributed by atoms with Gasteiger partial charge in [-0.15, -0.1) is 0 Å². The minimum atomic E-state index is 0.0714. The van der Waals surface area contributed by atoms with E-state index in [0.29, 0.717) is 5.25 Å². The minimum absolute atomic E-state index is 0.0714. The Morgan fingerprint density at radius 2 is 2.29 bits per heavy atom. The Balaban J connectivity index is 2.83.